The molecule has 0 heterocycles. The van der Waals surface area contributed by atoms with E-state index in [2.05, 4.69) is 42.5 Å². The molecule has 0 saturated heterocycles. The van der Waals surface area contributed by atoms with Gasteiger partial charge in [-0.25, -0.2) is 0 Å². The second kappa shape index (κ2) is 6.44. The monoisotopic (exact) mass is 301 g/mol. The van der Waals surface area contributed by atoms with Crippen molar-refractivity contribution in [3.63, 3.8) is 0 Å². The minimum absolute atomic E-state index is 0. The summed E-state index contributed by atoms with van der Waals surface area (Å²) < 4.78 is 0. The average Bonchev–Trinajstić information content (AvgIpc) is 2.45. The number of halogens is 1. The van der Waals surface area contributed by atoms with Gasteiger partial charge in [0, 0.05) is 6.54 Å². The first-order chi connectivity index (χ1) is 9.66. The number of likely N-dealkylation sites (N-methyl/N-ethyl adjacent to an activating group) is 1. The van der Waals surface area contributed by atoms with Gasteiger partial charge in [0.2, 0.25) is 0 Å². The summed E-state index contributed by atoms with van der Waals surface area (Å²) in [5, 5.41) is 15.3. The van der Waals surface area contributed by atoms with Crippen molar-refractivity contribution in [2.24, 2.45) is 0 Å². The Morgan fingerprint density at radius 2 is 1.48 bits per heavy atom. The van der Waals surface area contributed by atoms with Gasteiger partial charge in [0.1, 0.15) is 0 Å². The van der Waals surface area contributed by atoms with Crippen molar-refractivity contribution < 1.29 is 5.11 Å². The van der Waals surface area contributed by atoms with Crippen molar-refractivity contribution in [1.29, 1.82) is 0 Å². The molecule has 0 spiro atoms. The molecule has 1 unspecified atom stereocenters. The maximum atomic E-state index is 10.5. The van der Waals surface area contributed by atoms with Crippen molar-refractivity contribution in [1.82, 2.24) is 4.90 Å². The Balaban J connectivity index is 0.00000161. The molecule has 0 amide bonds. The molecular weight excluding hydrogens is 282 g/mol. The molecule has 0 aliphatic carbocycles. The van der Waals surface area contributed by atoms with Crippen LogP contribution in [0.2, 0.25) is 0 Å². The molecule has 0 radical (unpaired) electrons. The van der Waals surface area contributed by atoms with E-state index in [1.54, 1.807) is 0 Å². The first-order valence-electron chi connectivity index (χ1n) is 6.90. The van der Waals surface area contributed by atoms with Crippen molar-refractivity contribution in [2.75, 3.05) is 20.6 Å². The third-order valence-electron chi connectivity index (χ3n) is 3.70. The zero-order valence-electron chi connectivity index (χ0n) is 12.3. The Morgan fingerprint density at radius 1 is 0.905 bits per heavy atom. The molecular formula is C18H20ClNO. The van der Waals surface area contributed by atoms with Gasteiger partial charge >= 0.3 is 0 Å². The predicted octanol–water partition coefficient (Wildman–Crippen LogP) is 4.01. The number of aliphatic hydroxyl groups excluding tert-OH is 1. The van der Waals surface area contributed by atoms with Gasteiger partial charge in [-0.2, -0.15) is 0 Å². The fraction of sp³-hybridized carbons (Fsp3) is 0.222. The van der Waals surface area contributed by atoms with E-state index in [9.17, 15) is 5.11 Å². The maximum Gasteiger partial charge on any atom is 0.0922 e. The standard InChI is InChI=1S/C18H19NO.ClH/c1-19(2)12-18(20)17-11-13-7-3-4-8-14(13)15-9-5-6-10-16(15)17;/h3-11,18,20H,12H2,1-2H3;1H. The molecule has 3 aromatic rings. The molecule has 1 atom stereocenters. The molecule has 0 saturated carbocycles. The van der Waals surface area contributed by atoms with Crippen LogP contribution < -0.4 is 0 Å². The Morgan fingerprint density at radius 3 is 2.14 bits per heavy atom. The number of aliphatic hydroxyl groups is 1. The van der Waals surface area contributed by atoms with Crippen LogP contribution >= 0.6 is 12.4 Å². The quantitative estimate of drug-likeness (QED) is 0.739. The topological polar surface area (TPSA) is 23.5 Å². The summed E-state index contributed by atoms with van der Waals surface area (Å²) in [6.07, 6.45) is -0.473. The lowest BCUT2D eigenvalue weighted by atomic mass is 9.94. The minimum atomic E-state index is -0.473. The molecule has 2 nitrogen and oxygen atoms in total. The normalized spacial score (nSPS) is 12.6. The van der Waals surface area contributed by atoms with Crippen molar-refractivity contribution in [3.8, 4) is 0 Å². The fourth-order valence-corrected chi connectivity index (χ4v) is 2.80. The van der Waals surface area contributed by atoms with Gasteiger partial charge in [0.15, 0.2) is 0 Å². The lowest BCUT2D eigenvalue weighted by molar-refractivity contribution is 0.140. The molecule has 110 valence electrons. The zero-order valence-corrected chi connectivity index (χ0v) is 13.1. The number of fused-ring (bicyclic) bond motifs is 3. The van der Waals surface area contributed by atoms with Crippen molar-refractivity contribution in [3.05, 3.63) is 60.2 Å². The minimum Gasteiger partial charge on any atom is -0.387 e. The second-order valence-electron chi connectivity index (χ2n) is 5.51. The van der Waals surface area contributed by atoms with E-state index in [1.165, 1.54) is 16.2 Å². The predicted molar refractivity (Wildman–Crippen MR) is 92.2 cm³/mol. The van der Waals surface area contributed by atoms with Gasteiger partial charge < -0.3 is 10.0 Å². The number of hydrogen-bond donors (Lipinski definition) is 1. The highest BCUT2D eigenvalue weighted by molar-refractivity contribution is 6.09. The molecule has 3 rings (SSSR count). The zero-order chi connectivity index (χ0) is 14.1. The summed E-state index contributed by atoms with van der Waals surface area (Å²) in [7, 11) is 3.96. The van der Waals surface area contributed by atoms with Gasteiger partial charge in [-0.05, 0) is 47.3 Å². The lowest BCUT2D eigenvalue weighted by Crippen LogP contribution is -2.20. The van der Waals surface area contributed by atoms with Gasteiger partial charge in [-0.3, -0.25) is 0 Å². The third kappa shape index (κ3) is 3.03. The smallest absolute Gasteiger partial charge is 0.0922 e. The van der Waals surface area contributed by atoms with E-state index in [1.807, 2.05) is 31.1 Å². The summed E-state index contributed by atoms with van der Waals surface area (Å²) in [5.41, 5.74) is 1.01. The molecule has 0 aliphatic heterocycles. The van der Waals surface area contributed by atoms with Crippen molar-refractivity contribution in [2.45, 2.75) is 6.10 Å². The fourth-order valence-electron chi connectivity index (χ4n) is 2.80. The highest BCUT2D eigenvalue weighted by Crippen LogP contribution is 2.32. The van der Waals surface area contributed by atoms with E-state index in [0.29, 0.717) is 6.54 Å². The second-order valence-corrected chi connectivity index (χ2v) is 5.51. The summed E-state index contributed by atoms with van der Waals surface area (Å²) in [6, 6.07) is 18.8. The van der Waals surface area contributed by atoms with Gasteiger partial charge in [-0.1, -0.05) is 48.5 Å². The van der Waals surface area contributed by atoms with E-state index in [4.69, 9.17) is 0 Å². The van der Waals surface area contributed by atoms with Crippen LogP contribution in [0.15, 0.2) is 54.6 Å². The van der Waals surface area contributed by atoms with Crippen LogP contribution in [0, 0.1) is 0 Å². The van der Waals surface area contributed by atoms with E-state index in [-0.39, 0.29) is 12.4 Å². The number of benzene rings is 3. The summed E-state index contributed by atoms with van der Waals surface area (Å²) in [5.74, 6) is 0. The van der Waals surface area contributed by atoms with Crippen LogP contribution in [0.25, 0.3) is 21.5 Å². The van der Waals surface area contributed by atoms with Crippen LogP contribution in [0.3, 0.4) is 0 Å². The highest BCUT2D eigenvalue weighted by atomic mass is 35.5. The van der Waals surface area contributed by atoms with Crippen LogP contribution in [0.4, 0.5) is 0 Å². The lowest BCUT2D eigenvalue weighted by Gasteiger charge is -2.19. The molecule has 3 aromatic carbocycles. The molecule has 0 aromatic heterocycles. The van der Waals surface area contributed by atoms with Gasteiger partial charge in [0.05, 0.1) is 6.10 Å². The van der Waals surface area contributed by atoms with E-state index in [0.717, 1.165) is 10.9 Å². The Bertz CT molecular complexity index is 754. The van der Waals surface area contributed by atoms with E-state index >= 15 is 0 Å². The molecule has 0 bridgehead atoms. The van der Waals surface area contributed by atoms with Gasteiger partial charge in [0.25, 0.3) is 0 Å². The first kappa shape index (κ1) is 15.8. The molecule has 1 N–H and O–H groups in total. The SMILES string of the molecule is CN(C)CC(O)c1cc2ccccc2c2ccccc12.Cl. The number of nitrogens with zero attached hydrogens (tertiary/aromatic N) is 1. The van der Waals surface area contributed by atoms with Crippen LogP contribution in [-0.4, -0.2) is 30.6 Å². The largest absolute Gasteiger partial charge is 0.387 e. The van der Waals surface area contributed by atoms with Crippen LogP contribution in [0.5, 0.6) is 0 Å². The molecule has 21 heavy (non-hydrogen) atoms. The van der Waals surface area contributed by atoms with Crippen molar-refractivity contribution >= 4 is 34.0 Å². The van der Waals surface area contributed by atoms with Crippen LogP contribution in [0.1, 0.15) is 11.7 Å². The van der Waals surface area contributed by atoms with Gasteiger partial charge in [-0.15, -0.1) is 12.4 Å². The third-order valence-corrected chi connectivity index (χ3v) is 3.70. The average molecular weight is 302 g/mol. The molecule has 0 fully saturated rings. The van der Waals surface area contributed by atoms with E-state index < -0.39 is 6.10 Å². The van der Waals surface area contributed by atoms with Crippen LogP contribution in [-0.2, 0) is 0 Å². The highest BCUT2D eigenvalue weighted by Gasteiger charge is 2.14. The Labute approximate surface area is 131 Å². The summed E-state index contributed by atoms with van der Waals surface area (Å²) in [4.78, 5) is 2.01. The summed E-state index contributed by atoms with van der Waals surface area (Å²) >= 11 is 0. The summed E-state index contributed by atoms with van der Waals surface area (Å²) in [6.45, 7) is 0.627. The Hall–Kier alpha value is -1.61. The number of rotatable bonds is 3. The maximum absolute atomic E-state index is 10.5. The molecule has 3 heteroatoms. The molecule has 0 aliphatic rings. The number of hydrogen-bond acceptors (Lipinski definition) is 2. The Kier molecular flexibility index (Phi) is 4.84. The first-order valence-corrected chi connectivity index (χ1v) is 6.90.